The zero-order valence-corrected chi connectivity index (χ0v) is 17.5. The van der Waals surface area contributed by atoms with Crippen LogP contribution >= 0.6 is 11.3 Å². The lowest BCUT2D eigenvalue weighted by Crippen LogP contribution is -2.42. The maximum atomic E-state index is 13.1. The fourth-order valence-electron chi connectivity index (χ4n) is 4.75. The van der Waals surface area contributed by atoms with Gasteiger partial charge in [-0.2, -0.15) is 0 Å². The number of hydrogen-bond acceptors (Lipinski definition) is 4. The minimum Gasteiger partial charge on any atom is -0.309 e. The standard InChI is InChI=1S/C23H25N3O2S/c1-15-10-11-16-6-2-4-8-18(16)26(15)20(27)12-13-25-14-24-22-21(23(25)28)17-7-3-5-9-19(17)29-22/h2,4,6,8,14-15H,3,5,7,9-13H2,1H3. The molecule has 150 valence electrons. The highest BCUT2D eigenvalue weighted by Crippen LogP contribution is 2.33. The lowest BCUT2D eigenvalue weighted by Gasteiger charge is -2.35. The van der Waals surface area contributed by atoms with E-state index in [2.05, 4.69) is 18.0 Å². The molecule has 0 bridgehead atoms. The Balaban J connectivity index is 1.40. The van der Waals surface area contributed by atoms with Gasteiger partial charge in [0, 0.05) is 29.6 Å². The van der Waals surface area contributed by atoms with Gasteiger partial charge in [-0.25, -0.2) is 4.98 Å². The molecule has 5 nitrogen and oxygen atoms in total. The Morgan fingerprint density at radius 1 is 1.21 bits per heavy atom. The van der Waals surface area contributed by atoms with E-state index in [0.717, 1.165) is 48.0 Å². The Bertz CT molecular complexity index is 1150. The van der Waals surface area contributed by atoms with Crippen molar-refractivity contribution in [2.75, 3.05) is 4.90 Å². The number of aryl methyl sites for hydroxylation is 4. The predicted molar refractivity (Wildman–Crippen MR) is 117 cm³/mol. The second-order valence-corrected chi connectivity index (χ2v) is 9.25. The molecule has 0 spiro atoms. The second kappa shape index (κ2) is 7.41. The number of para-hydroxylation sites is 1. The van der Waals surface area contributed by atoms with Crippen LogP contribution in [0.1, 0.15) is 48.6 Å². The van der Waals surface area contributed by atoms with Crippen molar-refractivity contribution in [1.82, 2.24) is 9.55 Å². The number of aromatic nitrogens is 2. The fraction of sp³-hybridized carbons (Fsp3) is 0.435. The summed E-state index contributed by atoms with van der Waals surface area (Å²) >= 11 is 1.66. The summed E-state index contributed by atoms with van der Waals surface area (Å²) in [6.45, 7) is 2.47. The molecule has 1 atom stereocenters. The van der Waals surface area contributed by atoms with Crippen LogP contribution in [-0.2, 0) is 30.6 Å². The van der Waals surface area contributed by atoms with Crippen molar-refractivity contribution < 1.29 is 4.79 Å². The molecule has 0 saturated carbocycles. The maximum absolute atomic E-state index is 13.1. The minimum absolute atomic E-state index is 0.00860. The van der Waals surface area contributed by atoms with Gasteiger partial charge >= 0.3 is 0 Å². The van der Waals surface area contributed by atoms with Gasteiger partial charge in [0.05, 0.1) is 11.7 Å². The molecule has 1 aliphatic carbocycles. The van der Waals surface area contributed by atoms with Crippen LogP contribution < -0.4 is 10.5 Å². The highest BCUT2D eigenvalue weighted by atomic mass is 32.1. The molecule has 6 heteroatoms. The molecule has 3 aromatic rings. The first-order valence-electron chi connectivity index (χ1n) is 10.5. The van der Waals surface area contributed by atoms with Crippen LogP contribution in [0.5, 0.6) is 0 Å². The number of amides is 1. The predicted octanol–water partition coefficient (Wildman–Crippen LogP) is 4.09. The van der Waals surface area contributed by atoms with Gasteiger partial charge < -0.3 is 4.90 Å². The van der Waals surface area contributed by atoms with Crippen LogP contribution in [0.4, 0.5) is 5.69 Å². The number of anilines is 1. The Morgan fingerprint density at radius 2 is 2.03 bits per heavy atom. The molecule has 0 N–H and O–H groups in total. The molecule has 1 aliphatic heterocycles. The van der Waals surface area contributed by atoms with Gasteiger partial charge in [0.1, 0.15) is 4.83 Å². The van der Waals surface area contributed by atoms with E-state index in [1.807, 2.05) is 23.1 Å². The van der Waals surface area contributed by atoms with Crippen LogP contribution in [0.15, 0.2) is 35.4 Å². The van der Waals surface area contributed by atoms with E-state index in [-0.39, 0.29) is 17.5 Å². The quantitative estimate of drug-likeness (QED) is 0.657. The molecule has 2 aliphatic rings. The smallest absolute Gasteiger partial charge is 0.262 e. The number of carbonyl (C=O) groups excluding carboxylic acids is 1. The van der Waals surface area contributed by atoms with E-state index in [1.165, 1.54) is 22.4 Å². The Kier molecular flexibility index (Phi) is 4.74. The summed E-state index contributed by atoms with van der Waals surface area (Å²) in [6, 6.07) is 8.32. The average molecular weight is 408 g/mol. The third kappa shape index (κ3) is 3.19. The summed E-state index contributed by atoms with van der Waals surface area (Å²) < 4.78 is 1.63. The van der Waals surface area contributed by atoms with E-state index < -0.39 is 0 Å². The number of hydrogen-bond donors (Lipinski definition) is 0. The Labute approximate surface area is 174 Å². The number of thiophene rings is 1. The van der Waals surface area contributed by atoms with Gasteiger partial charge in [-0.1, -0.05) is 18.2 Å². The number of fused-ring (bicyclic) bond motifs is 4. The second-order valence-electron chi connectivity index (χ2n) is 8.16. The normalized spacial score (nSPS) is 18.5. The van der Waals surface area contributed by atoms with E-state index in [1.54, 1.807) is 22.2 Å². The molecule has 1 unspecified atom stereocenters. The first-order chi connectivity index (χ1) is 14.1. The van der Waals surface area contributed by atoms with Crippen LogP contribution in [-0.4, -0.2) is 21.5 Å². The third-order valence-corrected chi connectivity index (χ3v) is 7.50. The topological polar surface area (TPSA) is 55.2 Å². The van der Waals surface area contributed by atoms with Crippen molar-refractivity contribution >= 4 is 33.1 Å². The van der Waals surface area contributed by atoms with Crippen molar-refractivity contribution in [2.24, 2.45) is 0 Å². The highest BCUT2D eigenvalue weighted by molar-refractivity contribution is 7.18. The van der Waals surface area contributed by atoms with Crippen LogP contribution in [0, 0.1) is 0 Å². The summed E-state index contributed by atoms with van der Waals surface area (Å²) in [5.74, 6) is 0.0731. The lowest BCUT2D eigenvalue weighted by molar-refractivity contribution is -0.119. The molecule has 1 amide bonds. The van der Waals surface area contributed by atoms with Crippen LogP contribution in [0.2, 0.25) is 0 Å². The first-order valence-corrected chi connectivity index (χ1v) is 11.3. The van der Waals surface area contributed by atoms with Gasteiger partial charge in [-0.15, -0.1) is 11.3 Å². The van der Waals surface area contributed by atoms with E-state index in [4.69, 9.17) is 0 Å². The molecule has 29 heavy (non-hydrogen) atoms. The number of benzene rings is 1. The third-order valence-electron chi connectivity index (χ3n) is 6.30. The Hall–Kier alpha value is -2.47. The van der Waals surface area contributed by atoms with E-state index >= 15 is 0 Å². The molecule has 5 rings (SSSR count). The zero-order valence-electron chi connectivity index (χ0n) is 16.7. The van der Waals surface area contributed by atoms with Crippen molar-refractivity contribution in [3.8, 4) is 0 Å². The van der Waals surface area contributed by atoms with Gasteiger partial charge in [0.25, 0.3) is 5.56 Å². The Morgan fingerprint density at radius 3 is 2.93 bits per heavy atom. The van der Waals surface area contributed by atoms with Crippen LogP contribution in [0.3, 0.4) is 0 Å². The average Bonchev–Trinajstić information content (AvgIpc) is 3.12. The van der Waals surface area contributed by atoms with Gasteiger partial charge in [0.15, 0.2) is 0 Å². The molecule has 0 saturated heterocycles. The summed E-state index contributed by atoms with van der Waals surface area (Å²) in [6.07, 6.45) is 8.25. The molecule has 3 heterocycles. The summed E-state index contributed by atoms with van der Waals surface area (Å²) in [7, 11) is 0. The molecule has 0 radical (unpaired) electrons. The SMILES string of the molecule is CC1CCc2ccccc2N1C(=O)CCn1cnc2sc3c(c2c1=O)CCCC3. The first kappa shape index (κ1) is 18.6. The van der Waals surface area contributed by atoms with Gasteiger partial charge in [0.2, 0.25) is 5.91 Å². The van der Waals surface area contributed by atoms with Crippen molar-refractivity contribution in [2.45, 2.75) is 64.5 Å². The van der Waals surface area contributed by atoms with Crippen molar-refractivity contribution in [3.05, 3.63) is 57.0 Å². The molecule has 2 aromatic heterocycles. The number of nitrogens with zero attached hydrogens (tertiary/aromatic N) is 3. The maximum Gasteiger partial charge on any atom is 0.262 e. The number of rotatable bonds is 3. The number of carbonyl (C=O) groups is 1. The van der Waals surface area contributed by atoms with Gasteiger partial charge in [-0.05, 0) is 62.6 Å². The van der Waals surface area contributed by atoms with E-state index in [9.17, 15) is 9.59 Å². The summed E-state index contributed by atoms with van der Waals surface area (Å²) in [5.41, 5.74) is 3.45. The minimum atomic E-state index is 0.00860. The van der Waals surface area contributed by atoms with Crippen molar-refractivity contribution in [3.63, 3.8) is 0 Å². The summed E-state index contributed by atoms with van der Waals surface area (Å²) in [5, 5.41) is 0.788. The largest absolute Gasteiger partial charge is 0.309 e. The van der Waals surface area contributed by atoms with Gasteiger partial charge in [-0.3, -0.25) is 14.2 Å². The molecule has 0 fully saturated rings. The fourth-order valence-corrected chi connectivity index (χ4v) is 5.96. The lowest BCUT2D eigenvalue weighted by atomic mass is 9.96. The van der Waals surface area contributed by atoms with Crippen molar-refractivity contribution in [1.29, 1.82) is 0 Å². The van der Waals surface area contributed by atoms with Crippen LogP contribution in [0.25, 0.3) is 10.2 Å². The molecule has 1 aromatic carbocycles. The zero-order chi connectivity index (χ0) is 20.0. The molecular weight excluding hydrogens is 382 g/mol. The van der Waals surface area contributed by atoms with E-state index in [0.29, 0.717) is 13.0 Å². The highest BCUT2D eigenvalue weighted by Gasteiger charge is 2.28. The molecular formula is C23H25N3O2S. The monoisotopic (exact) mass is 407 g/mol. The summed E-state index contributed by atoms with van der Waals surface area (Å²) in [4.78, 5) is 34.8.